The van der Waals surface area contributed by atoms with Gasteiger partial charge in [-0.15, -0.1) is 0 Å². The van der Waals surface area contributed by atoms with Crippen LogP contribution < -0.4 is 11.1 Å². The zero-order chi connectivity index (χ0) is 14.6. The first-order valence-corrected chi connectivity index (χ1v) is 8.80. The molecule has 3 nitrogen and oxygen atoms in total. The average Bonchev–Trinajstić information content (AvgIpc) is 2.90. The van der Waals surface area contributed by atoms with Crippen molar-refractivity contribution < 1.29 is 0 Å². The molecule has 0 aromatic rings. The minimum atomic E-state index is 0.174. The van der Waals surface area contributed by atoms with Gasteiger partial charge >= 0.3 is 0 Å². The number of aliphatic imine (C=N–C) groups is 1. The van der Waals surface area contributed by atoms with Gasteiger partial charge in [-0.25, -0.2) is 0 Å². The lowest BCUT2D eigenvalue weighted by atomic mass is 10.1. The zero-order valence-electron chi connectivity index (χ0n) is 13.7. The van der Waals surface area contributed by atoms with Gasteiger partial charge in [0.1, 0.15) is 0 Å². The van der Waals surface area contributed by atoms with Gasteiger partial charge in [-0.3, -0.25) is 4.99 Å². The summed E-state index contributed by atoms with van der Waals surface area (Å²) < 4.78 is 0. The van der Waals surface area contributed by atoms with Crippen LogP contribution in [-0.4, -0.2) is 24.5 Å². The van der Waals surface area contributed by atoms with Gasteiger partial charge in [-0.05, 0) is 13.3 Å². The first-order chi connectivity index (χ1) is 9.74. The summed E-state index contributed by atoms with van der Waals surface area (Å²) in [6.07, 6.45) is 15.0. The van der Waals surface area contributed by atoms with Gasteiger partial charge in [0.2, 0.25) is 0 Å². The van der Waals surface area contributed by atoms with Crippen LogP contribution in [0.25, 0.3) is 0 Å². The van der Waals surface area contributed by atoms with Crippen molar-refractivity contribution in [3.05, 3.63) is 0 Å². The molecule has 1 aliphatic rings. The molecule has 0 radical (unpaired) electrons. The SMILES string of the molecule is CCCCCCCCCCCCC1=NC(C(C)N)CN1. The molecule has 0 aromatic carbocycles. The van der Waals surface area contributed by atoms with Crippen molar-refractivity contribution in [1.82, 2.24) is 5.32 Å². The molecule has 2 atom stereocenters. The van der Waals surface area contributed by atoms with Gasteiger partial charge in [0, 0.05) is 19.0 Å². The van der Waals surface area contributed by atoms with Crippen LogP contribution in [0.3, 0.4) is 0 Å². The predicted octanol–water partition coefficient (Wildman–Crippen LogP) is 4.01. The second-order valence-electron chi connectivity index (χ2n) is 6.32. The molecule has 1 heterocycles. The third kappa shape index (κ3) is 7.88. The van der Waals surface area contributed by atoms with Crippen LogP contribution in [-0.2, 0) is 0 Å². The highest BCUT2D eigenvalue weighted by molar-refractivity contribution is 5.83. The maximum atomic E-state index is 5.87. The molecule has 3 N–H and O–H groups in total. The molecule has 0 saturated heterocycles. The molecule has 1 aliphatic heterocycles. The number of hydrogen-bond acceptors (Lipinski definition) is 3. The average molecular weight is 281 g/mol. The van der Waals surface area contributed by atoms with E-state index < -0.39 is 0 Å². The van der Waals surface area contributed by atoms with Crippen molar-refractivity contribution in [2.45, 2.75) is 96.6 Å². The van der Waals surface area contributed by atoms with Crippen molar-refractivity contribution in [3.8, 4) is 0 Å². The number of rotatable bonds is 12. The van der Waals surface area contributed by atoms with E-state index in [0.29, 0.717) is 6.04 Å². The Hall–Kier alpha value is -0.570. The van der Waals surface area contributed by atoms with Gasteiger partial charge in [-0.1, -0.05) is 64.7 Å². The van der Waals surface area contributed by atoms with E-state index in [-0.39, 0.29) is 6.04 Å². The van der Waals surface area contributed by atoms with Crippen LogP contribution in [0.4, 0.5) is 0 Å². The summed E-state index contributed by atoms with van der Waals surface area (Å²) in [5, 5.41) is 3.39. The summed E-state index contributed by atoms with van der Waals surface area (Å²) in [6.45, 7) is 5.25. The van der Waals surface area contributed by atoms with Gasteiger partial charge in [-0.2, -0.15) is 0 Å². The summed E-state index contributed by atoms with van der Waals surface area (Å²) in [6, 6.07) is 0.473. The van der Waals surface area contributed by atoms with E-state index >= 15 is 0 Å². The normalized spacial score (nSPS) is 19.8. The van der Waals surface area contributed by atoms with E-state index in [9.17, 15) is 0 Å². The Morgan fingerprint density at radius 1 is 1.05 bits per heavy atom. The zero-order valence-corrected chi connectivity index (χ0v) is 13.7. The molecular formula is C17H35N3. The van der Waals surface area contributed by atoms with Gasteiger partial charge in [0.25, 0.3) is 0 Å². The highest BCUT2D eigenvalue weighted by Gasteiger charge is 2.19. The minimum absolute atomic E-state index is 0.174. The Morgan fingerprint density at radius 2 is 1.60 bits per heavy atom. The fourth-order valence-corrected chi connectivity index (χ4v) is 2.75. The lowest BCUT2D eigenvalue weighted by Crippen LogP contribution is -2.33. The smallest absolute Gasteiger partial charge is 0.0968 e. The summed E-state index contributed by atoms with van der Waals surface area (Å²) in [5.74, 6) is 1.19. The van der Waals surface area contributed by atoms with Crippen molar-refractivity contribution in [2.24, 2.45) is 10.7 Å². The van der Waals surface area contributed by atoms with Crippen LogP contribution >= 0.6 is 0 Å². The van der Waals surface area contributed by atoms with E-state index in [2.05, 4.69) is 17.2 Å². The van der Waals surface area contributed by atoms with Crippen molar-refractivity contribution in [2.75, 3.05) is 6.54 Å². The lowest BCUT2D eigenvalue weighted by molar-refractivity contribution is 0.558. The second-order valence-corrected chi connectivity index (χ2v) is 6.32. The molecule has 0 amide bonds. The quantitative estimate of drug-likeness (QED) is 0.531. The maximum Gasteiger partial charge on any atom is 0.0968 e. The van der Waals surface area contributed by atoms with Crippen LogP contribution in [0.5, 0.6) is 0 Å². The first-order valence-electron chi connectivity index (χ1n) is 8.80. The number of nitrogens with zero attached hydrogens (tertiary/aromatic N) is 1. The highest BCUT2D eigenvalue weighted by Crippen LogP contribution is 2.12. The van der Waals surface area contributed by atoms with E-state index in [1.807, 2.05) is 6.92 Å². The van der Waals surface area contributed by atoms with Crippen molar-refractivity contribution >= 4 is 5.84 Å². The predicted molar refractivity (Wildman–Crippen MR) is 89.3 cm³/mol. The van der Waals surface area contributed by atoms with Crippen molar-refractivity contribution in [1.29, 1.82) is 0 Å². The molecular weight excluding hydrogens is 246 g/mol. The Balaban J connectivity index is 1.87. The number of unbranched alkanes of at least 4 members (excludes halogenated alkanes) is 9. The molecule has 0 bridgehead atoms. The van der Waals surface area contributed by atoms with Crippen molar-refractivity contribution in [3.63, 3.8) is 0 Å². The Labute approximate surface area is 125 Å². The van der Waals surface area contributed by atoms with E-state index in [1.165, 1.54) is 70.0 Å². The third-order valence-corrected chi connectivity index (χ3v) is 4.21. The maximum absolute atomic E-state index is 5.87. The molecule has 0 spiro atoms. The Morgan fingerprint density at radius 3 is 2.10 bits per heavy atom. The molecule has 118 valence electrons. The summed E-state index contributed by atoms with van der Waals surface area (Å²) in [5.41, 5.74) is 5.87. The summed E-state index contributed by atoms with van der Waals surface area (Å²) in [7, 11) is 0. The topological polar surface area (TPSA) is 50.4 Å². The lowest BCUT2D eigenvalue weighted by Gasteiger charge is -2.08. The molecule has 0 aromatic heterocycles. The third-order valence-electron chi connectivity index (χ3n) is 4.21. The van der Waals surface area contributed by atoms with Crippen LogP contribution in [0, 0.1) is 0 Å². The summed E-state index contributed by atoms with van der Waals surface area (Å²) in [4.78, 5) is 4.64. The molecule has 0 saturated carbocycles. The monoisotopic (exact) mass is 281 g/mol. The first kappa shape index (κ1) is 17.5. The molecule has 0 fully saturated rings. The standard InChI is InChI=1S/C17H35N3/c1-3-4-5-6-7-8-9-10-11-12-13-17-19-14-16(20-17)15(2)18/h15-16H,3-14,18H2,1-2H3,(H,19,20). The summed E-state index contributed by atoms with van der Waals surface area (Å²) >= 11 is 0. The fourth-order valence-electron chi connectivity index (χ4n) is 2.75. The fraction of sp³-hybridized carbons (Fsp3) is 0.941. The number of amidine groups is 1. The van der Waals surface area contributed by atoms with Gasteiger partial charge in [0.05, 0.1) is 11.9 Å². The largest absolute Gasteiger partial charge is 0.372 e. The Bertz CT molecular complexity index is 261. The second kappa shape index (κ2) is 11.1. The minimum Gasteiger partial charge on any atom is -0.372 e. The van der Waals surface area contributed by atoms with Gasteiger partial charge < -0.3 is 11.1 Å². The molecule has 3 heteroatoms. The van der Waals surface area contributed by atoms with E-state index in [4.69, 9.17) is 5.73 Å². The van der Waals surface area contributed by atoms with Crippen LogP contribution in [0.2, 0.25) is 0 Å². The number of nitrogens with one attached hydrogen (secondary N) is 1. The van der Waals surface area contributed by atoms with E-state index in [1.54, 1.807) is 0 Å². The molecule has 1 rings (SSSR count). The van der Waals surface area contributed by atoms with Gasteiger partial charge in [0.15, 0.2) is 0 Å². The molecule has 0 aliphatic carbocycles. The number of nitrogens with two attached hydrogens (primary N) is 1. The molecule has 20 heavy (non-hydrogen) atoms. The molecule has 2 unspecified atom stereocenters. The van der Waals surface area contributed by atoms with E-state index in [0.717, 1.165) is 13.0 Å². The van der Waals surface area contributed by atoms with Crippen LogP contribution in [0.1, 0.15) is 84.5 Å². The Kier molecular flexibility index (Phi) is 9.73. The van der Waals surface area contributed by atoms with Crippen LogP contribution in [0.15, 0.2) is 4.99 Å². The highest BCUT2D eigenvalue weighted by atomic mass is 15.1. The number of hydrogen-bond donors (Lipinski definition) is 2.